The number of nitrogens with zero attached hydrogens (tertiary/aromatic N) is 3. The number of allylic oxidation sites excluding steroid dienone is 1. The Labute approximate surface area is 294 Å². The number of methoxy groups -OCH3 is 1. The van der Waals surface area contributed by atoms with Crippen molar-refractivity contribution in [3.05, 3.63) is 100 Å². The number of nitrogens with one attached hydrogen (secondary N) is 1. The summed E-state index contributed by atoms with van der Waals surface area (Å²) >= 11 is 6.45. The lowest BCUT2D eigenvalue weighted by atomic mass is 9.70. The molecule has 0 radical (unpaired) electrons. The Balaban J connectivity index is 1.38. The summed E-state index contributed by atoms with van der Waals surface area (Å²) in [7, 11) is -1.66. The molecule has 260 valence electrons. The molecule has 3 aromatic rings. The number of fused-ring (bicyclic) bond motifs is 3. The van der Waals surface area contributed by atoms with Gasteiger partial charge in [0.05, 0.1) is 24.2 Å². The monoisotopic (exact) mass is 704 g/mol. The Morgan fingerprint density at radius 2 is 2.02 bits per heavy atom. The number of rotatable bonds is 5. The number of carbonyl (C=O) groups is 2. The minimum Gasteiger partial charge on any atom is -0.491 e. The van der Waals surface area contributed by atoms with Crippen LogP contribution in [-0.2, 0) is 38.8 Å². The maximum atomic E-state index is 14.2. The van der Waals surface area contributed by atoms with Crippen LogP contribution in [0.1, 0.15) is 72.0 Å². The van der Waals surface area contributed by atoms with Crippen LogP contribution in [0.2, 0.25) is 5.02 Å². The normalized spacial score (nSPS) is 25.2. The van der Waals surface area contributed by atoms with Crippen LogP contribution in [0.15, 0.2) is 77.4 Å². The van der Waals surface area contributed by atoms with Crippen molar-refractivity contribution in [3.8, 4) is 5.75 Å². The molecule has 1 fully saturated rings. The number of amides is 2. The lowest BCUT2D eigenvalue weighted by Gasteiger charge is -2.43. The van der Waals surface area contributed by atoms with Gasteiger partial charge < -0.3 is 14.4 Å². The zero-order valence-electron chi connectivity index (χ0n) is 28.0. The molecule has 2 amide bonds. The van der Waals surface area contributed by atoms with Gasteiger partial charge in [0.15, 0.2) is 0 Å². The number of carbonyl (C=O) groups excluding carboxylic acids is 2. The fourth-order valence-corrected chi connectivity index (χ4v) is 8.78. The average molecular weight is 705 g/mol. The Morgan fingerprint density at radius 3 is 2.82 bits per heavy atom. The van der Waals surface area contributed by atoms with E-state index in [-0.39, 0.29) is 18.3 Å². The molecular weight excluding hydrogens is 660 g/mol. The summed E-state index contributed by atoms with van der Waals surface area (Å²) in [5.41, 5.74) is 4.38. The number of hydrogen-bond donors (Lipinski definition) is 1. The van der Waals surface area contributed by atoms with Crippen molar-refractivity contribution in [2.45, 2.75) is 70.4 Å². The van der Waals surface area contributed by atoms with Gasteiger partial charge in [-0.15, -0.1) is 4.36 Å². The van der Waals surface area contributed by atoms with Crippen LogP contribution in [0.5, 0.6) is 5.75 Å². The zero-order valence-corrected chi connectivity index (χ0v) is 29.6. The SMILES string of the molecule is CO[C@H]1/C=C/CCCS(=O)(NC(=O)CCc2cccnc2)=NC(=O)c2ccc3c(c2)N(Cc2ccc(Cl)cc2CCCCO3)C[C@@H]2CC[C@H]21. The van der Waals surface area contributed by atoms with Crippen LogP contribution in [0.3, 0.4) is 0 Å². The maximum absolute atomic E-state index is 14.2. The highest BCUT2D eigenvalue weighted by Gasteiger charge is 2.38. The number of aromatic nitrogens is 1. The first kappa shape index (κ1) is 35.1. The molecule has 4 atom stereocenters. The van der Waals surface area contributed by atoms with Crippen LogP contribution in [0.4, 0.5) is 5.69 Å². The summed E-state index contributed by atoms with van der Waals surface area (Å²) in [4.78, 5) is 33.3. The van der Waals surface area contributed by atoms with Gasteiger partial charge in [0.1, 0.15) is 15.7 Å². The maximum Gasteiger partial charge on any atom is 0.286 e. The van der Waals surface area contributed by atoms with Crippen molar-refractivity contribution in [2.75, 3.05) is 30.9 Å². The molecule has 1 unspecified atom stereocenters. The van der Waals surface area contributed by atoms with Crippen molar-refractivity contribution in [2.24, 2.45) is 16.2 Å². The number of pyridine rings is 1. The molecule has 3 heterocycles. The smallest absolute Gasteiger partial charge is 0.286 e. The standard InChI is InChI=1S/C38H45ClN4O5S/c1-47-35-10-3-2-6-21-49(46,41-37(44)18-11-27-8-7-19-40-24-27)42-38(45)29-14-17-36-34(23-29)43(26-31-13-16-33(31)35)25-30-12-15-32(39)22-28(30)9-4-5-20-48-36/h3,7-8,10,12,14-15,17,19,22-24,31,33,35H,2,4-6,9,11,13,16,18,20-21,25-26H2,1H3,(H,41,42,44,45,46)/b10-3+/t31-,33+,35-,49?/m0/s1. The molecule has 1 aliphatic carbocycles. The van der Waals surface area contributed by atoms with Gasteiger partial charge in [0, 0.05) is 49.6 Å². The van der Waals surface area contributed by atoms with Crippen molar-refractivity contribution in [3.63, 3.8) is 0 Å². The van der Waals surface area contributed by atoms with E-state index in [0.29, 0.717) is 60.6 Å². The number of anilines is 1. The third-order valence-corrected chi connectivity index (χ3v) is 11.9. The first-order chi connectivity index (χ1) is 23.8. The number of aryl methyl sites for hydroxylation is 2. The summed E-state index contributed by atoms with van der Waals surface area (Å²) in [5.74, 6) is 0.394. The van der Waals surface area contributed by atoms with E-state index in [0.717, 1.165) is 49.9 Å². The summed E-state index contributed by atoms with van der Waals surface area (Å²) in [5, 5.41) is 0.717. The van der Waals surface area contributed by atoms with Gasteiger partial charge in [-0.3, -0.25) is 19.3 Å². The van der Waals surface area contributed by atoms with E-state index in [1.54, 1.807) is 25.6 Å². The first-order valence-electron chi connectivity index (χ1n) is 17.3. The summed E-state index contributed by atoms with van der Waals surface area (Å²) in [6, 6.07) is 15.1. The van der Waals surface area contributed by atoms with E-state index < -0.39 is 21.7 Å². The van der Waals surface area contributed by atoms with Crippen LogP contribution in [-0.4, -0.2) is 53.1 Å². The second-order valence-electron chi connectivity index (χ2n) is 13.2. The molecule has 49 heavy (non-hydrogen) atoms. The topological polar surface area (TPSA) is 110 Å². The van der Waals surface area contributed by atoms with Gasteiger partial charge in [0.2, 0.25) is 5.91 Å². The molecule has 1 N–H and O–H groups in total. The third kappa shape index (κ3) is 9.09. The predicted molar refractivity (Wildman–Crippen MR) is 193 cm³/mol. The minimum atomic E-state index is -3.42. The van der Waals surface area contributed by atoms with Crippen LogP contribution in [0, 0.1) is 11.8 Å². The predicted octanol–water partition coefficient (Wildman–Crippen LogP) is 7.12. The van der Waals surface area contributed by atoms with Crippen molar-refractivity contribution in [1.29, 1.82) is 0 Å². The molecular formula is C38H45ClN4O5S. The molecule has 2 aliphatic heterocycles. The van der Waals surface area contributed by atoms with E-state index in [4.69, 9.17) is 21.1 Å². The van der Waals surface area contributed by atoms with Crippen LogP contribution < -0.4 is 14.4 Å². The summed E-state index contributed by atoms with van der Waals surface area (Å²) in [6.07, 6.45) is 14.0. The molecule has 3 aliphatic rings. The lowest BCUT2D eigenvalue weighted by Crippen LogP contribution is -2.43. The molecule has 0 spiro atoms. The quantitative estimate of drug-likeness (QED) is 0.282. The van der Waals surface area contributed by atoms with Gasteiger partial charge >= 0.3 is 0 Å². The largest absolute Gasteiger partial charge is 0.491 e. The first-order valence-corrected chi connectivity index (χ1v) is 19.3. The van der Waals surface area contributed by atoms with Gasteiger partial charge in [0.25, 0.3) is 5.91 Å². The van der Waals surface area contributed by atoms with Gasteiger partial charge in [-0.2, -0.15) is 0 Å². The lowest BCUT2D eigenvalue weighted by molar-refractivity contribution is -0.119. The Kier molecular flexibility index (Phi) is 11.7. The van der Waals surface area contributed by atoms with Crippen molar-refractivity contribution >= 4 is 39.0 Å². The number of ether oxygens (including phenoxy) is 2. The highest BCUT2D eigenvalue weighted by Crippen LogP contribution is 2.42. The molecule has 6 rings (SSSR count). The van der Waals surface area contributed by atoms with Crippen LogP contribution >= 0.6 is 11.6 Å². The van der Waals surface area contributed by atoms with E-state index in [2.05, 4.69) is 43.3 Å². The summed E-state index contributed by atoms with van der Waals surface area (Å²) in [6.45, 7) is 1.89. The average Bonchev–Trinajstić information content (AvgIpc) is 3.11. The minimum absolute atomic E-state index is 0.0466. The van der Waals surface area contributed by atoms with Crippen molar-refractivity contribution in [1.82, 2.24) is 9.71 Å². The van der Waals surface area contributed by atoms with E-state index in [1.165, 1.54) is 11.1 Å². The highest BCUT2D eigenvalue weighted by atomic mass is 35.5. The Bertz CT molecular complexity index is 1790. The van der Waals surface area contributed by atoms with E-state index >= 15 is 0 Å². The van der Waals surface area contributed by atoms with Gasteiger partial charge in [-0.1, -0.05) is 35.9 Å². The van der Waals surface area contributed by atoms with Gasteiger partial charge in [-0.25, -0.2) is 4.21 Å². The summed E-state index contributed by atoms with van der Waals surface area (Å²) < 4.78 is 33.4. The zero-order chi connectivity index (χ0) is 34.2. The Hall–Kier alpha value is -3.73. The number of halogens is 1. The number of benzene rings is 2. The number of hydrogen-bond acceptors (Lipinski definition) is 7. The van der Waals surface area contributed by atoms with Crippen LogP contribution in [0.25, 0.3) is 0 Å². The van der Waals surface area contributed by atoms with Crippen molar-refractivity contribution < 1.29 is 23.3 Å². The van der Waals surface area contributed by atoms with E-state index in [1.807, 2.05) is 30.3 Å². The second-order valence-corrected chi connectivity index (χ2v) is 15.7. The molecule has 1 aromatic heterocycles. The van der Waals surface area contributed by atoms with Gasteiger partial charge in [-0.05, 0) is 116 Å². The molecule has 0 saturated heterocycles. The molecule has 2 bridgehead atoms. The Morgan fingerprint density at radius 1 is 1.12 bits per heavy atom. The molecule has 2 aromatic carbocycles. The fourth-order valence-electron chi connectivity index (χ4n) is 6.95. The molecule has 9 nitrogen and oxygen atoms in total. The van der Waals surface area contributed by atoms with E-state index in [9.17, 15) is 13.8 Å². The highest BCUT2D eigenvalue weighted by molar-refractivity contribution is 7.92. The second kappa shape index (κ2) is 16.3. The molecule has 1 saturated carbocycles. The third-order valence-electron chi connectivity index (χ3n) is 9.78. The fraction of sp³-hybridized carbons (Fsp3) is 0.447. The molecule has 11 heteroatoms.